The van der Waals surface area contributed by atoms with Crippen molar-refractivity contribution in [2.75, 3.05) is 23.4 Å². The molecule has 10 heteroatoms. The number of guanidine groups is 1. The number of nitrogens with zero attached hydrogens (tertiary/aromatic N) is 4. The molecule has 1 atom stereocenters. The fraction of sp³-hybridized carbons (Fsp3) is 0.333. The number of anilines is 3. The molecule has 0 amide bonds. The molecule has 0 saturated heterocycles. The Balaban J connectivity index is 1.95. The summed E-state index contributed by atoms with van der Waals surface area (Å²) in [7, 11) is 0. The number of hydrogen-bond donors (Lipinski definition) is 4. The van der Waals surface area contributed by atoms with Crippen LogP contribution in [0.1, 0.15) is 55.3 Å². The third kappa shape index (κ3) is 4.73. The van der Waals surface area contributed by atoms with Crippen molar-refractivity contribution < 1.29 is 4.74 Å². The van der Waals surface area contributed by atoms with E-state index in [2.05, 4.69) is 27.5 Å². The highest BCUT2D eigenvalue weighted by Crippen LogP contribution is 2.41. The minimum Gasteiger partial charge on any atom is -0.492 e. The maximum Gasteiger partial charge on any atom is 0.211 e. The molecule has 2 heterocycles. The lowest BCUT2D eigenvalue weighted by atomic mass is 9.95. The second kappa shape index (κ2) is 9.88. The van der Waals surface area contributed by atoms with Crippen molar-refractivity contribution >= 4 is 34.9 Å². The molecule has 1 aromatic heterocycles. The molecule has 0 saturated carbocycles. The van der Waals surface area contributed by atoms with Crippen LogP contribution in [0.4, 0.5) is 17.3 Å². The van der Waals surface area contributed by atoms with Crippen LogP contribution in [0.5, 0.6) is 5.75 Å². The van der Waals surface area contributed by atoms with Gasteiger partial charge < -0.3 is 21.5 Å². The topological polar surface area (TPSA) is 158 Å². The molecule has 1 aliphatic heterocycles. The van der Waals surface area contributed by atoms with Crippen molar-refractivity contribution in [2.45, 2.75) is 38.6 Å². The zero-order valence-electron chi connectivity index (χ0n) is 17.1. The van der Waals surface area contributed by atoms with E-state index in [-0.39, 0.29) is 23.0 Å². The van der Waals surface area contributed by atoms with Gasteiger partial charge in [-0.15, -0.1) is 0 Å². The maximum absolute atomic E-state index is 9.41. The molecule has 31 heavy (non-hydrogen) atoms. The third-order valence-electron chi connectivity index (χ3n) is 4.88. The third-order valence-corrected chi connectivity index (χ3v) is 5.18. The number of rotatable bonds is 7. The van der Waals surface area contributed by atoms with Gasteiger partial charge in [-0.05, 0) is 24.1 Å². The monoisotopic (exact) mass is 438 g/mol. The van der Waals surface area contributed by atoms with Crippen LogP contribution in [0.15, 0.2) is 23.2 Å². The fourth-order valence-corrected chi connectivity index (χ4v) is 3.58. The SMILES string of the molecule is CCCCCCOc1ccc(C2N=C(NC#N)Nc3nc(N)c(C#N)c(N)c32)cc1Cl. The van der Waals surface area contributed by atoms with Crippen molar-refractivity contribution in [3.63, 3.8) is 0 Å². The number of pyridine rings is 1. The van der Waals surface area contributed by atoms with Crippen LogP contribution in [0.25, 0.3) is 0 Å². The zero-order valence-corrected chi connectivity index (χ0v) is 17.8. The van der Waals surface area contributed by atoms with Crippen LogP contribution in [0, 0.1) is 22.8 Å². The predicted octanol–water partition coefficient (Wildman–Crippen LogP) is 3.67. The van der Waals surface area contributed by atoms with Gasteiger partial charge in [-0.3, -0.25) is 5.32 Å². The number of unbranched alkanes of at least 4 members (excludes halogenated alkanes) is 3. The molecular formula is C21H23ClN8O. The largest absolute Gasteiger partial charge is 0.492 e. The summed E-state index contributed by atoms with van der Waals surface area (Å²) in [5.41, 5.74) is 13.5. The number of aliphatic imine (C=N–C) groups is 1. The summed E-state index contributed by atoms with van der Waals surface area (Å²) in [5.74, 6) is 1.08. The highest BCUT2D eigenvalue weighted by Gasteiger charge is 2.30. The van der Waals surface area contributed by atoms with Crippen LogP contribution < -0.4 is 26.8 Å². The van der Waals surface area contributed by atoms with E-state index < -0.39 is 6.04 Å². The minimum atomic E-state index is -0.650. The Hall–Kier alpha value is -3.69. The number of fused-ring (bicyclic) bond motifs is 1. The van der Waals surface area contributed by atoms with Gasteiger partial charge in [0.15, 0.2) is 6.19 Å². The van der Waals surface area contributed by atoms with E-state index in [9.17, 15) is 5.26 Å². The summed E-state index contributed by atoms with van der Waals surface area (Å²) in [6, 6.07) is 6.66. The summed E-state index contributed by atoms with van der Waals surface area (Å²) < 4.78 is 5.80. The first kappa shape index (κ1) is 22.0. The van der Waals surface area contributed by atoms with E-state index in [1.807, 2.05) is 18.3 Å². The van der Waals surface area contributed by atoms with Gasteiger partial charge in [-0.2, -0.15) is 10.5 Å². The first-order chi connectivity index (χ1) is 15.0. The Morgan fingerprint density at radius 2 is 2.06 bits per heavy atom. The normalized spacial score (nSPS) is 14.5. The van der Waals surface area contributed by atoms with Gasteiger partial charge in [-0.1, -0.05) is 43.9 Å². The fourth-order valence-electron chi connectivity index (χ4n) is 3.34. The minimum absolute atomic E-state index is 0.00643. The number of nitrogens with two attached hydrogens (primary N) is 2. The van der Waals surface area contributed by atoms with Crippen LogP contribution in [-0.2, 0) is 0 Å². The first-order valence-corrected chi connectivity index (χ1v) is 10.3. The molecule has 1 aromatic carbocycles. The van der Waals surface area contributed by atoms with Gasteiger partial charge in [-0.25, -0.2) is 9.98 Å². The number of ether oxygens (including phenoxy) is 1. The van der Waals surface area contributed by atoms with Crippen molar-refractivity contribution in [2.24, 2.45) is 4.99 Å². The van der Waals surface area contributed by atoms with Gasteiger partial charge in [0.1, 0.15) is 35.1 Å². The smallest absolute Gasteiger partial charge is 0.211 e. The summed E-state index contributed by atoms with van der Waals surface area (Å²) >= 11 is 6.46. The number of halogens is 1. The van der Waals surface area contributed by atoms with Crippen LogP contribution in [0.3, 0.4) is 0 Å². The number of nitrogen functional groups attached to an aromatic ring is 2. The Labute approximate surface area is 185 Å². The molecule has 160 valence electrons. The van der Waals surface area contributed by atoms with E-state index >= 15 is 0 Å². The highest BCUT2D eigenvalue weighted by molar-refractivity contribution is 6.32. The summed E-state index contributed by atoms with van der Waals surface area (Å²) in [6.07, 6.45) is 6.22. The molecule has 2 aromatic rings. The van der Waals surface area contributed by atoms with Crippen molar-refractivity contribution in [1.29, 1.82) is 10.5 Å². The quantitative estimate of drug-likeness (QED) is 0.289. The molecular weight excluding hydrogens is 416 g/mol. The summed E-state index contributed by atoms with van der Waals surface area (Å²) in [6.45, 7) is 2.75. The average Bonchev–Trinajstić information content (AvgIpc) is 2.74. The molecule has 0 bridgehead atoms. The number of nitrogens with one attached hydrogen (secondary N) is 2. The molecule has 9 nitrogen and oxygen atoms in total. The van der Waals surface area contributed by atoms with Crippen molar-refractivity contribution in [3.8, 4) is 18.0 Å². The molecule has 3 rings (SSSR count). The molecule has 0 spiro atoms. The first-order valence-electron chi connectivity index (χ1n) is 9.91. The van der Waals surface area contributed by atoms with E-state index in [0.717, 1.165) is 19.3 Å². The number of hydrogen-bond acceptors (Lipinski definition) is 9. The van der Waals surface area contributed by atoms with Gasteiger partial charge >= 0.3 is 0 Å². The highest BCUT2D eigenvalue weighted by atomic mass is 35.5. The molecule has 1 unspecified atom stereocenters. The summed E-state index contributed by atoms with van der Waals surface area (Å²) in [4.78, 5) is 8.75. The zero-order chi connectivity index (χ0) is 22.4. The molecule has 0 aliphatic carbocycles. The van der Waals surface area contributed by atoms with Gasteiger partial charge in [0, 0.05) is 5.56 Å². The van der Waals surface area contributed by atoms with Gasteiger partial charge in [0.25, 0.3) is 0 Å². The molecule has 1 aliphatic rings. The lowest BCUT2D eigenvalue weighted by Gasteiger charge is -2.26. The summed E-state index contributed by atoms with van der Waals surface area (Å²) in [5, 5.41) is 24.2. The maximum atomic E-state index is 9.41. The van der Waals surface area contributed by atoms with Crippen LogP contribution >= 0.6 is 11.6 Å². The molecule has 6 N–H and O–H groups in total. The Morgan fingerprint density at radius 1 is 1.26 bits per heavy atom. The second-order valence-electron chi connectivity index (χ2n) is 7.00. The van der Waals surface area contributed by atoms with E-state index in [1.165, 1.54) is 6.42 Å². The van der Waals surface area contributed by atoms with E-state index in [0.29, 0.717) is 34.3 Å². The lowest BCUT2D eigenvalue weighted by Crippen LogP contribution is -2.32. The van der Waals surface area contributed by atoms with Gasteiger partial charge in [0.05, 0.1) is 17.3 Å². The molecule has 0 fully saturated rings. The number of nitriles is 2. The van der Waals surface area contributed by atoms with E-state index in [1.54, 1.807) is 12.1 Å². The van der Waals surface area contributed by atoms with Crippen molar-refractivity contribution in [3.05, 3.63) is 39.9 Å². The number of benzene rings is 1. The van der Waals surface area contributed by atoms with Crippen LogP contribution in [-0.4, -0.2) is 17.6 Å². The lowest BCUT2D eigenvalue weighted by molar-refractivity contribution is 0.305. The molecule has 0 radical (unpaired) electrons. The van der Waals surface area contributed by atoms with Crippen molar-refractivity contribution in [1.82, 2.24) is 10.3 Å². The second-order valence-corrected chi connectivity index (χ2v) is 7.41. The Kier molecular flexibility index (Phi) is 7.01. The predicted molar refractivity (Wildman–Crippen MR) is 121 cm³/mol. The number of aromatic nitrogens is 1. The van der Waals surface area contributed by atoms with Gasteiger partial charge in [0.2, 0.25) is 5.96 Å². The Bertz CT molecular complexity index is 1090. The van der Waals surface area contributed by atoms with E-state index in [4.69, 9.17) is 33.1 Å². The van der Waals surface area contributed by atoms with Crippen LogP contribution in [0.2, 0.25) is 5.02 Å². The average molecular weight is 439 g/mol. The standard InChI is InChI=1S/C21H23ClN8O/c1-2-3-4-5-8-31-15-7-6-12(9-14(15)22)18-16-17(25)13(10-23)19(26)29-20(16)30-21(28-18)27-11-24/h6-7,9,18H,2-5,8H2,1H3,(H6,25,26,27,28,29,30). The Morgan fingerprint density at radius 3 is 2.74 bits per heavy atom.